The van der Waals surface area contributed by atoms with Crippen molar-refractivity contribution in [3.8, 4) is 40.2 Å². The number of piperidine rings is 1. The van der Waals surface area contributed by atoms with Gasteiger partial charge in [0.1, 0.15) is 72.0 Å². The Hall–Kier alpha value is -11.1. The first kappa shape index (κ1) is 82.0. The predicted molar refractivity (Wildman–Crippen MR) is 459 cm³/mol. The number of likely N-dealkylation sites (tertiary alicyclic amines) is 1. The molecule has 5 aliphatic heterocycles. The lowest BCUT2D eigenvalue weighted by molar-refractivity contribution is 0.0321. The van der Waals surface area contributed by atoms with Crippen molar-refractivity contribution in [1.82, 2.24) is 39.7 Å². The second-order valence-corrected chi connectivity index (χ2v) is 31.7. The zero-order valence-corrected chi connectivity index (χ0v) is 70.1. The van der Waals surface area contributed by atoms with Crippen LogP contribution in [-0.4, -0.2) is 171 Å². The summed E-state index contributed by atoms with van der Waals surface area (Å²) in [7, 11) is 8.96. The monoisotopic (exact) mass is 1770 g/mol. The third-order valence-corrected chi connectivity index (χ3v) is 24.3. The quantitative estimate of drug-likeness (QED) is 0.0389. The molecule has 0 spiro atoms. The molecular formula is C78H67Cl6N17O14S3. The van der Waals surface area contributed by atoms with Gasteiger partial charge in [0, 0.05) is 73.6 Å². The molecular weight excluding hydrogens is 1710 g/mol. The van der Waals surface area contributed by atoms with Crippen LogP contribution in [0.1, 0.15) is 53.8 Å². The minimum absolute atomic E-state index is 0.215. The van der Waals surface area contributed by atoms with Crippen molar-refractivity contribution in [2.75, 3.05) is 142 Å². The maximum absolute atomic E-state index is 13.5. The number of halogens is 6. The molecule has 12 aromatic rings. The van der Waals surface area contributed by atoms with Crippen LogP contribution >= 0.6 is 104 Å². The molecule has 118 heavy (non-hydrogen) atoms. The zero-order valence-electron chi connectivity index (χ0n) is 63.1. The average Bonchev–Trinajstić information content (AvgIpc) is 1.56. The van der Waals surface area contributed by atoms with Gasteiger partial charge in [-0.05, 0) is 86.1 Å². The van der Waals surface area contributed by atoms with Gasteiger partial charge in [0.15, 0.2) is 40.5 Å². The van der Waals surface area contributed by atoms with Crippen molar-refractivity contribution in [3.63, 3.8) is 0 Å². The first-order valence-electron chi connectivity index (χ1n) is 36.0. The Bertz CT molecular complexity index is 5980. The first-order chi connectivity index (χ1) is 57.1. The molecule has 6 N–H and O–H groups in total. The molecule has 0 aliphatic carbocycles. The Morgan fingerprint density at radius 1 is 0.415 bits per heavy atom. The van der Waals surface area contributed by atoms with E-state index in [-0.39, 0.29) is 42.4 Å². The van der Waals surface area contributed by atoms with Gasteiger partial charge in [0.05, 0.1) is 136 Å². The zero-order chi connectivity index (χ0) is 82.7. The molecule has 0 saturated carbocycles. The number of hydrogen-bond donors (Lipinski definition) is 6. The fourth-order valence-corrected chi connectivity index (χ4v) is 18.2. The van der Waals surface area contributed by atoms with Gasteiger partial charge in [-0.1, -0.05) is 88.2 Å². The standard InChI is InChI=1S/C28H26Cl2N6O6S.C27H24Cl2N6O3S.C23H17Cl2N5O5S/c1-39-20-13-18(16(29)12-17(20)30)36-25-22-23(34-28(36)38)24(43-27(22)32-14-31-25)26(37)33-15-3-4-19(21(11-15)40-2)42-10-7-35-5-8-41-9-6-35;1-38-20-12-19(17(28)11-18(20)29)35-24-21-22(33-27(35)37)23(39-26(21)31-14-30-24)25(36)32-16-7-5-15(6-8-16)13-34-9-3-2-4-10-34;1-33-14-5-4-10(6-16(14)35-3)28-21(31)19-18-17-20(26-9-27-22(17)36-19)30(23(32)29-18)13-8-15(34-2)12(25)7-11(13)24/h3-4,11-14H,5-10H2,1-2H3,(H,33,37)(H,34,38);5-8,11-12,14H,2-4,9-10,13H2,1H3,(H,32,36)(H,33,37);4-9H,1-3H3,(H,28,31)(H,29,32). The number of thiophene rings is 3. The fourth-order valence-electron chi connectivity index (χ4n) is 13.6. The third-order valence-electron chi connectivity index (χ3n) is 19.2. The Morgan fingerprint density at radius 2 is 0.780 bits per heavy atom. The summed E-state index contributed by atoms with van der Waals surface area (Å²) in [6.07, 6.45) is 7.79. The number of amides is 9. The smallest absolute Gasteiger partial charge is 0.332 e. The van der Waals surface area contributed by atoms with E-state index in [2.05, 4.69) is 71.6 Å². The van der Waals surface area contributed by atoms with Gasteiger partial charge in [-0.2, -0.15) is 0 Å². The summed E-state index contributed by atoms with van der Waals surface area (Å²) in [5.74, 6) is 2.67. The molecule has 2 saturated heterocycles. The first-order valence-corrected chi connectivity index (χ1v) is 40.7. The summed E-state index contributed by atoms with van der Waals surface area (Å²) in [5, 5.41) is 20.2. The van der Waals surface area contributed by atoms with Crippen LogP contribution < -0.4 is 79.8 Å². The Balaban J connectivity index is 0.000000139. The lowest BCUT2D eigenvalue weighted by Crippen LogP contribution is -2.38. The molecule has 11 heterocycles. The van der Waals surface area contributed by atoms with Crippen molar-refractivity contribution in [2.45, 2.75) is 25.8 Å². The van der Waals surface area contributed by atoms with Gasteiger partial charge in [-0.25, -0.2) is 59.0 Å². The van der Waals surface area contributed by atoms with E-state index in [4.69, 9.17) is 108 Å². The summed E-state index contributed by atoms with van der Waals surface area (Å²) in [6, 6.07) is 25.5. The van der Waals surface area contributed by atoms with Gasteiger partial charge in [0.25, 0.3) is 17.7 Å². The van der Waals surface area contributed by atoms with Crippen molar-refractivity contribution < 1.29 is 66.7 Å². The number of urea groups is 3. The van der Waals surface area contributed by atoms with Crippen LogP contribution in [0, 0.1) is 0 Å². The van der Waals surface area contributed by atoms with Crippen LogP contribution in [0.2, 0.25) is 30.1 Å². The number of hydrogen-bond acceptors (Lipinski definition) is 25. The van der Waals surface area contributed by atoms with Crippen molar-refractivity contribution in [2.24, 2.45) is 0 Å². The fraction of sp³-hybridized carbons (Fsp3) is 0.231. The normalized spacial score (nSPS) is 14.3. The number of morpholine rings is 1. The van der Waals surface area contributed by atoms with E-state index < -0.39 is 29.9 Å². The second kappa shape index (κ2) is 35.6. The lowest BCUT2D eigenvalue weighted by atomic mass is 10.1. The average molecular weight is 1780 g/mol. The van der Waals surface area contributed by atoms with E-state index >= 15 is 0 Å². The highest BCUT2D eigenvalue weighted by molar-refractivity contribution is 7.22. The molecule has 0 radical (unpaired) electrons. The van der Waals surface area contributed by atoms with E-state index in [0.717, 1.165) is 75.2 Å². The number of aromatic nitrogens is 6. The number of rotatable bonds is 21. The third kappa shape index (κ3) is 16.6. The molecule has 0 bridgehead atoms. The number of carbonyl (C=O) groups is 6. The molecule has 608 valence electrons. The van der Waals surface area contributed by atoms with Crippen LogP contribution in [0.15, 0.2) is 116 Å². The van der Waals surface area contributed by atoms with Crippen LogP contribution in [0.5, 0.6) is 40.2 Å². The lowest BCUT2D eigenvalue weighted by Gasteiger charge is -2.28. The van der Waals surface area contributed by atoms with Crippen molar-refractivity contribution >= 4 is 239 Å². The van der Waals surface area contributed by atoms with E-state index in [9.17, 15) is 28.8 Å². The van der Waals surface area contributed by atoms with E-state index in [1.54, 1.807) is 54.6 Å². The number of anilines is 12. The number of nitrogens with zero attached hydrogens (tertiary/aromatic N) is 11. The molecule has 6 aromatic carbocycles. The summed E-state index contributed by atoms with van der Waals surface area (Å²) < 4.78 is 43.3. The minimum Gasteiger partial charge on any atom is -0.495 e. The molecule has 2 fully saturated rings. The van der Waals surface area contributed by atoms with Gasteiger partial charge in [-0.3, -0.25) is 24.2 Å². The van der Waals surface area contributed by atoms with E-state index in [1.807, 2.05) is 24.3 Å². The number of nitrogens with one attached hydrogen (secondary N) is 6. The SMILES string of the molecule is COc1cc(N2C(=O)Nc3c(C(=O)Nc4ccc(CN5CCCCC5)cc4)sc4ncnc2c34)c(Cl)cc1Cl.COc1cc(N2C(=O)Nc3c(C(=O)Nc4ccc(OC)c(OC)c4)sc4ncnc2c34)c(Cl)cc1Cl.COc1cc(N2C(=O)Nc3c(C(=O)Nc4ccc(OCCN5CCOCC5)c(OC)c4)sc4ncnc2c34)c(Cl)cc1Cl. The highest BCUT2D eigenvalue weighted by atomic mass is 35.5. The van der Waals surface area contributed by atoms with Crippen LogP contribution in [-0.2, 0) is 11.3 Å². The van der Waals surface area contributed by atoms with E-state index in [0.29, 0.717) is 154 Å². The molecule has 9 amide bonds. The number of ether oxygens (including phenoxy) is 8. The highest BCUT2D eigenvalue weighted by Gasteiger charge is 2.40. The van der Waals surface area contributed by atoms with Crippen molar-refractivity contribution in [3.05, 3.63) is 166 Å². The summed E-state index contributed by atoms with van der Waals surface area (Å²) in [5.41, 5.74) is 4.78. The van der Waals surface area contributed by atoms with Crippen molar-refractivity contribution in [1.29, 1.82) is 0 Å². The molecule has 17 rings (SSSR count). The Morgan fingerprint density at radius 3 is 1.17 bits per heavy atom. The van der Waals surface area contributed by atoms with Gasteiger partial charge >= 0.3 is 18.1 Å². The molecule has 0 unspecified atom stereocenters. The molecule has 6 aromatic heterocycles. The maximum atomic E-state index is 13.5. The topological polar surface area (TPSA) is 342 Å². The van der Waals surface area contributed by atoms with Crippen LogP contribution in [0.25, 0.3) is 30.6 Å². The maximum Gasteiger partial charge on any atom is 0.332 e. The Labute approximate surface area is 714 Å². The number of methoxy groups -OCH3 is 6. The van der Waals surface area contributed by atoms with Crippen LogP contribution in [0.4, 0.5) is 83.0 Å². The largest absolute Gasteiger partial charge is 0.495 e. The van der Waals surface area contributed by atoms with Gasteiger partial charge < -0.3 is 69.8 Å². The van der Waals surface area contributed by atoms with E-state index in [1.165, 1.54) is 131 Å². The summed E-state index contributed by atoms with van der Waals surface area (Å²) >= 11 is 41.4. The molecule has 0 atom stereocenters. The highest BCUT2D eigenvalue weighted by Crippen LogP contribution is 2.52. The number of benzene rings is 6. The number of carbonyl (C=O) groups excluding carboxylic acids is 6. The summed E-state index contributed by atoms with van der Waals surface area (Å²) in [6.45, 7) is 7.61. The molecule has 40 heteroatoms. The Kier molecular flexibility index (Phi) is 24.7. The second-order valence-electron chi connectivity index (χ2n) is 26.3. The van der Waals surface area contributed by atoms with Crippen LogP contribution in [0.3, 0.4) is 0 Å². The molecule has 5 aliphatic rings. The van der Waals surface area contributed by atoms with Gasteiger partial charge in [-0.15, -0.1) is 34.0 Å². The van der Waals surface area contributed by atoms with Gasteiger partial charge in [0.2, 0.25) is 0 Å². The summed E-state index contributed by atoms with van der Waals surface area (Å²) in [4.78, 5) is 117. The predicted octanol–water partition coefficient (Wildman–Crippen LogP) is 18.6. The molecule has 31 nitrogen and oxygen atoms in total. The minimum atomic E-state index is -0.563.